The van der Waals surface area contributed by atoms with Crippen molar-refractivity contribution in [3.05, 3.63) is 34.5 Å². The summed E-state index contributed by atoms with van der Waals surface area (Å²) < 4.78 is 2.75. The molecule has 0 bridgehead atoms. The van der Waals surface area contributed by atoms with Crippen LogP contribution < -0.4 is 5.32 Å². The molecule has 0 aliphatic heterocycles. The summed E-state index contributed by atoms with van der Waals surface area (Å²) in [5.74, 6) is 1.71. The van der Waals surface area contributed by atoms with E-state index in [9.17, 15) is 0 Å². The lowest BCUT2D eigenvalue weighted by Crippen LogP contribution is -2.07. The number of nitrogens with zero attached hydrogens (tertiary/aromatic N) is 4. The van der Waals surface area contributed by atoms with Gasteiger partial charge < -0.3 is 5.32 Å². The van der Waals surface area contributed by atoms with E-state index in [0.29, 0.717) is 6.54 Å². The number of aryl methyl sites for hydroxylation is 2. The fourth-order valence-electron chi connectivity index (χ4n) is 1.29. The Hall–Kier alpha value is -1.43. The quantitative estimate of drug-likeness (QED) is 0.934. The third kappa shape index (κ3) is 2.38. The van der Waals surface area contributed by atoms with Crippen LogP contribution >= 0.6 is 15.9 Å². The minimum absolute atomic E-state index is 0.616. The molecule has 0 aliphatic carbocycles. The Bertz CT molecular complexity index is 494. The lowest BCUT2D eigenvalue weighted by atomic mass is 10.3. The molecule has 0 aromatic carbocycles. The van der Waals surface area contributed by atoms with Crippen LogP contribution in [-0.2, 0) is 13.6 Å². The molecule has 2 aromatic rings. The summed E-state index contributed by atoms with van der Waals surface area (Å²) in [5.41, 5.74) is 1.15. The number of hydrogen-bond acceptors (Lipinski definition) is 4. The number of nitrogens with one attached hydrogen (secondary N) is 1. The fraction of sp³-hybridized carbons (Fsp3) is 0.300. The van der Waals surface area contributed by atoms with Gasteiger partial charge in [-0.25, -0.2) is 9.97 Å². The average Bonchev–Trinajstić information content (AvgIpc) is 2.66. The van der Waals surface area contributed by atoms with Crippen LogP contribution in [0.5, 0.6) is 0 Å². The molecule has 5 nitrogen and oxygen atoms in total. The first kappa shape index (κ1) is 11.1. The summed E-state index contributed by atoms with van der Waals surface area (Å²) >= 11 is 3.41. The van der Waals surface area contributed by atoms with E-state index in [1.54, 1.807) is 10.9 Å². The zero-order chi connectivity index (χ0) is 11.5. The molecule has 2 rings (SSSR count). The van der Waals surface area contributed by atoms with Crippen LogP contribution in [0.1, 0.15) is 11.4 Å². The largest absolute Gasteiger partial charge is 0.363 e. The molecular weight excluding hydrogens is 270 g/mol. The molecule has 2 aromatic heterocycles. The average molecular weight is 282 g/mol. The molecule has 0 spiro atoms. The van der Waals surface area contributed by atoms with Crippen LogP contribution in [-0.4, -0.2) is 19.7 Å². The van der Waals surface area contributed by atoms with Gasteiger partial charge in [-0.2, -0.15) is 5.10 Å². The van der Waals surface area contributed by atoms with Gasteiger partial charge >= 0.3 is 0 Å². The zero-order valence-corrected chi connectivity index (χ0v) is 10.7. The van der Waals surface area contributed by atoms with E-state index in [1.807, 2.05) is 20.0 Å². The SMILES string of the molecule is Cc1cc(NCc2ncnn2C)ncc1Br. The topological polar surface area (TPSA) is 55.6 Å². The van der Waals surface area contributed by atoms with Crippen LogP contribution in [0.2, 0.25) is 0 Å². The van der Waals surface area contributed by atoms with E-state index >= 15 is 0 Å². The summed E-state index contributed by atoms with van der Waals surface area (Å²) in [6.07, 6.45) is 3.33. The van der Waals surface area contributed by atoms with Crippen molar-refractivity contribution in [1.82, 2.24) is 19.7 Å². The minimum atomic E-state index is 0.616. The first-order chi connectivity index (χ1) is 7.66. The molecule has 0 radical (unpaired) electrons. The Balaban J connectivity index is 2.05. The Morgan fingerprint density at radius 1 is 1.44 bits per heavy atom. The van der Waals surface area contributed by atoms with Crippen molar-refractivity contribution in [2.75, 3.05) is 5.32 Å². The first-order valence-electron chi connectivity index (χ1n) is 4.85. The van der Waals surface area contributed by atoms with Gasteiger partial charge in [0.15, 0.2) is 0 Å². The van der Waals surface area contributed by atoms with Crippen molar-refractivity contribution in [3.8, 4) is 0 Å². The highest BCUT2D eigenvalue weighted by Crippen LogP contribution is 2.17. The monoisotopic (exact) mass is 281 g/mol. The van der Waals surface area contributed by atoms with Crippen LogP contribution in [0.4, 0.5) is 5.82 Å². The molecule has 84 valence electrons. The van der Waals surface area contributed by atoms with Crippen LogP contribution in [0.25, 0.3) is 0 Å². The Labute approximate surface area is 102 Å². The molecule has 16 heavy (non-hydrogen) atoms. The molecular formula is C10H12BrN5. The van der Waals surface area contributed by atoms with Gasteiger partial charge in [-0.15, -0.1) is 0 Å². The molecule has 0 saturated heterocycles. The van der Waals surface area contributed by atoms with Gasteiger partial charge in [0, 0.05) is 17.7 Å². The van der Waals surface area contributed by atoms with Crippen LogP contribution in [0.3, 0.4) is 0 Å². The molecule has 0 fully saturated rings. The molecule has 1 N–H and O–H groups in total. The van der Waals surface area contributed by atoms with Crippen molar-refractivity contribution in [3.63, 3.8) is 0 Å². The number of rotatable bonds is 3. The van der Waals surface area contributed by atoms with Crippen LogP contribution in [0, 0.1) is 6.92 Å². The van der Waals surface area contributed by atoms with Gasteiger partial charge in [0.05, 0.1) is 6.54 Å². The zero-order valence-electron chi connectivity index (χ0n) is 9.11. The third-order valence-electron chi connectivity index (χ3n) is 2.28. The van der Waals surface area contributed by atoms with E-state index in [0.717, 1.165) is 21.7 Å². The number of pyridine rings is 1. The molecule has 0 amide bonds. The highest BCUT2D eigenvalue weighted by atomic mass is 79.9. The van der Waals surface area contributed by atoms with E-state index < -0.39 is 0 Å². The van der Waals surface area contributed by atoms with Gasteiger partial charge in [0.2, 0.25) is 0 Å². The standard InChI is InChI=1S/C10H12BrN5/c1-7-3-9(12-4-8(7)11)13-5-10-14-6-15-16(10)2/h3-4,6H,5H2,1-2H3,(H,12,13). The highest BCUT2D eigenvalue weighted by Gasteiger charge is 2.02. The summed E-state index contributed by atoms with van der Waals surface area (Å²) in [4.78, 5) is 8.38. The van der Waals surface area contributed by atoms with Gasteiger partial charge in [-0.3, -0.25) is 4.68 Å². The maximum absolute atomic E-state index is 4.25. The second kappa shape index (κ2) is 4.61. The van der Waals surface area contributed by atoms with E-state index in [1.165, 1.54) is 6.33 Å². The predicted octanol–water partition coefficient (Wildman–Crippen LogP) is 1.89. The Kier molecular flexibility index (Phi) is 3.19. The predicted molar refractivity (Wildman–Crippen MR) is 65.0 cm³/mol. The first-order valence-corrected chi connectivity index (χ1v) is 5.65. The third-order valence-corrected chi connectivity index (χ3v) is 3.11. The van der Waals surface area contributed by atoms with Crippen molar-refractivity contribution in [2.45, 2.75) is 13.5 Å². The van der Waals surface area contributed by atoms with Gasteiger partial charge in [0.1, 0.15) is 18.0 Å². The van der Waals surface area contributed by atoms with Gasteiger partial charge in [-0.05, 0) is 34.5 Å². The van der Waals surface area contributed by atoms with Gasteiger partial charge in [-0.1, -0.05) is 0 Å². The number of anilines is 1. The smallest absolute Gasteiger partial charge is 0.145 e. The summed E-state index contributed by atoms with van der Waals surface area (Å²) in [7, 11) is 1.87. The summed E-state index contributed by atoms with van der Waals surface area (Å²) in [5, 5.41) is 7.20. The lowest BCUT2D eigenvalue weighted by molar-refractivity contribution is 0.711. The van der Waals surface area contributed by atoms with Crippen molar-refractivity contribution < 1.29 is 0 Å². The Morgan fingerprint density at radius 2 is 2.25 bits per heavy atom. The second-order valence-corrected chi connectivity index (χ2v) is 4.33. The van der Waals surface area contributed by atoms with Crippen molar-refractivity contribution in [2.24, 2.45) is 7.05 Å². The molecule has 0 aliphatic rings. The van der Waals surface area contributed by atoms with Crippen molar-refractivity contribution in [1.29, 1.82) is 0 Å². The summed E-state index contributed by atoms with van der Waals surface area (Å²) in [6.45, 7) is 2.64. The maximum atomic E-state index is 4.25. The molecule has 6 heteroatoms. The van der Waals surface area contributed by atoms with Crippen LogP contribution in [0.15, 0.2) is 23.1 Å². The molecule has 0 saturated carbocycles. The van der Waals surface area contributed by atoms with Crippen molar-refractivity contribution >= 4 is 21.7 Å². The number of aromatic nitrogens is 4. The maximum Gasteiger partial charge on any atom is 0.145 e. The van der Waals surface area contributed by atoms with Gasteiger partial charge in [0.25, 0.3) is 0 Å². The molecule has 0 unspecified atom stereocenters. The molecule has 0 atom stereocenters. The minimum Gasteiger partial charge on any atom is -0.363 e. The van der Waals surface area contributed by atoms with E-state index in [2.05, 4.69) is 36.3 Å². The Morgan fingerprint density at radius 3 is 2.88 bits per heavy atom. The highest BCUT2D eigenvalue weighted by molar-refractivity contribution is 9.10. The van der Waals surface area contributed by atoms with E-state index in [-0.39, 0.29) is 0 Å². The molecule has 2 heterocycles. The second-order valence-electron chi connectivity index (χ2n) is 3.47. The fourth-order valence-corrected chi connectivity index (χ4v) is 1.50. The number of hydrogen-bond donors (Lipinski definition) is 1. The van der Waals surface area contributed by atoms with E-state index in [4.69, 9.17) is 0 Å². The summed E-state index contributed by atoms with van der Waals surface area (Å²) in [6, 6.07) is 1.99. The number of halogens is 1. The lowest BCUT2D eigenvalue weighted by Gasteiger charge is -2.06. The normalized spacial score (nSPS) is 10.4.